The van der Waals surface area contributed by atoms with Crippen LogP contribution in [0.4, 0.5) is 4.39 Å². The fourth-order valence-corrected chi connectivity index (χ4v) is 3.20. The first-order valence-corrected chi connectivity index (χ1v) is 7.47. The lowest BCUT2D eigenvalue weighted by Gasteiger charge is -2.24. The Morgan fingerprint density at radius 3 is 2.10 bits per heavy atom. The van der Waals surface area contributed by atoms with Crippen molar-refractivity contribution >= 4 is 0 Å². The Kier molecular flexibility index (Phi) is 4.79. The number of hydrogen-bond donors (Lipinski definition) is 1. The van der Waals surface area contributed by atoms with Gasteiger partial charge in [-0.05, 0) is 69.0 Å². The molecule has 2 aromatic carbocycles. The number of halogens is 1. The Bertz CT molecular complexity index is 610. The van der Waals surface area contributed by atoms with E-state index in [2.05, 4.69) is 52.1 Å². The van der Waals surface area contributed by atoms with Gasteiger partial charge >= 0.3 is 0 Å². The summed E-state index contributed by atoms with van der Waals surface area (Å²) in [5.74, 6) is -0.184. The maximum atomic E-state index is 13.3. The third-order valence-electron chi connectivity index (χ3n) is 4.02. The van der Waals surface area contributed by atoms with Crippen LogP contribution in [0.15, 0.2) is 36.4 Å². The van der Waals surface area contributed by atoms with Crippen LogP contribution in [0.2, 0.25) is 0 Å². The molecular formula is C19H24FN. The maximum Gasteiger partial charge on any atom is 0.123 e. The molecule has 21 heavy (non-hydrogen) atoms. The van der Waals surface area contributed by atoms with Crippen LogP contribution in [0.1, 0.15) is 53.7 Å². The molecule has 0 spiro atoms. The fraction of sp³-hybridized carbons (Fsp3) is 0.368. The Morgan fingerprint density at radius 2 is 1.52 bits per heavy atom. The molecule has 112 valence electrons. The van der Waals surface area contributed by atoms with Crippen LogP contribution < -0.4 is 5.32 Å². The van der Waals surface area contributed by atoms with E-state index in [4.69, 9.17) is 0 Å². The zero-order valence-corrected chi connectivity index (χ0v) is 13.5. The van der Waals surface area contributed by atoms with Gasteiger partial charge in [-0.2, -0.15) is 0 Å². The fourth-order valence-electron chi connectivity index (χ4n) is 3.20. The smallest absolute Gasteiger partial charge is 0.123 e. The Hall–Kier alpha value is -1.67. The summed E-state index contributed by atoms with van der Waals surface area (Å²) in [5, 5.41) is 3.57. The van der Waals surface area contributed by atoms with Gasteiger partial charge in [0.15, 0.2) is 0 Å². The molecule has 2 unspecified atom stereocenters. The zero-order valence-electron chi connectivity index (χ0n) is 13.5. The maximum absolute atomic E-state index is 13.3. The van der Waals surface area contributed by atoms with E-state index in [-0.39, 0.29) is 17.9 Å². The predicted octanol–water partition coefficient (Wildman–Crippen LogP) is 5.16. The van der Waals surface area contributed by atoms with E-state index in [1.807, 2.05) is 6.07 Å². The monoisotopic (exact) mass is 285 g/mol. The van der Waals surface area contributed by atoms with E-state index in [1.54, 1.807) is 12.1 Å². The second kappa shape index (κ2) is 6.40. The Morgan fingerprint density at radius 1 is 0.905 bits per heavy atom. The second-order valence-electron chi connectivity index (χ2n) is 5.98. The molecule has 1 N–H and O–H groups in total. The van der Waals surface area contributed by atoms with Crippen molar-refractivity contribution in [2.45, 2.75) is 46.7 Å². The molecule has 0 saturated carbocycles. The largest absolute Gasteiger partial charge is 0.304 e. The van der Waals surface area contributed by atoms with Gasteiger partial charge in [-0.1, -0.05) is 29.8 Å². The van der Waals surface area contributed by atoms with Crippen LogP contribution >= 0.6 is 0 Å². The highest BCUT2D eigenvalue weighted by Gasteiger charge is 2.15. The molecule has 0 amide bonds. The lowest BCUT2D eigenvalue weighted by Crippen LogP contribution is -2.24. The molecule has 0 heterocycles. The summed E-state index contributed by atoms with van der Waals surface area (Å²) < 4.78 is 13.3. The highest BCUT2D eigenvalue weighted by molar-refractivity contribution is 5.39. The van der Waals surface area contributed by atoms with Crippen molar-refractivity contribution in [1.29, 1.82) is 0 Å². The number of benzene rings is 2. The van der Waals surface area contributed by atoms with E-state index in [0.717, 1.165) is 5.56 Å². The first-order valence-electron chi connectivity index (χ1n) is 7.47. The Balaban J connectivity index is 2.20. The molecule has 0 fully saturated rings. The van der Waals surface area contributed by atoms with Crippen molar-refractivity contribution in [3.8, 4) is 0 Å². The molecule has 0 bridgehead atoms. The number of aryl methyl sites for hydroxylation is 3. The van der Waals surface area contributed by atoms with E-state index < -0.39 is 0 Å². The molecule has 2 aromatic rings. The van der Waals surface area contributed by atoms with Gasteiger partial charge in [0.2, 0.25) is 0 Å². The standard InChI is InChI=1S/C19H24FN/c1-12-9-13(2)19(14(3)10-12)16(5)21-15(4)17-7-6-8-18(20)11-17/h6-11,15-16,21H,1-5H3. The lowest BCUT2D eigenvalue weighted by molar-refractivity contribution is 0.489. The minimum Gasteiger partial charge on any atom is -0.304 e. The van der Waals surface area contributed by atoms with Crippen LogP contribution in [0.3, 0.4) is 0 Å². The SMILES string of the molecule is Cc1cc(C)c(C(C)NC(C)c2cccc(F)c2)c(C)c1. The topological polar surface area (TPSA) is 12.0 Å². The summed E-state index contributed by atoms with van der Waals surface area (Å²) in [5.41, 5.74) is 6.21. The average Bonchev–Trinajstić information content (AvgIpc) is 2.37. The van der Waals surface area contributed by atoms with Crippen molar-refractivity contribution in [3.05, 3.63) is 70.0 Å². The molecule has 0 aromatic heterocycles. The van der Waals surface area contributed by atoms with Gasteiger partial charge in [-0.3, -0.25) is 0 Å². The van der Waals surface area contributed by atoms with Crippen molar-refractivity contribution in [3.63, 3.8) is 0 Å². The molecule has 1 nitrogen and oxygen atoms in total. The average molecular weight is 285 g/mol. The summed E-state index contributed by atoms with van der Waals surface area (Å²) in [4.78, 5) is 0. The highest BCUT2D eigenvalue weighted by Crippen LogP contribution is 2.26. The van der Waals surface area contributed by atoms with E-state index >= 15 is 0 Å². The quantitative estimate of drug-likeness (QED) is 0.818. The van der Waals surface area contributed by atoms with Crippen LogP contribution in [-0.4, -0.2) is 0 Å². The van der Waals surface area contributed by atoms with Crippen molar-refractivity contribution in [2.75, 3.05) is 0 Å². The number of rotatable bonds is 4. The van der Waals surface area contributed by atoms with Gasteiger partial charge in [-0.15, -0.1) is 0 Å². The minimum absolute atomic E-state index is 0.107. The molecule has 0 aliphatic heterocycles. The van der Waals surface area contributed by atoms with Gasteiger partial charge in [0.1, 0.15) is 5.82 Å². The van der Waals surface area contributed by atoms with E-state index in [0.29, 0.717) is 0 Å². The van der Waals surface area contributed by atoms with Gasteiger partial charge in [-0.25, -0.2) is 4.39 Å². The van der Waals surface area contributed by atoms with Crippen LogP contribution in [0, 0.1) is 26.6 Å². The lowest BCUT2D eigenvalue weighted by atomic mass is 9.94. The van der Waals surface area contributed by atoms with Gasteiger partial charge in [0, 0.05) is 12.1 Å². The van der Waals surface area contributed by atoms with Crippen LogP contribution in [-0.2, 0) is 0 Å². The van der Waals surface area contributed by atoms with Crippen LogP contribution in [0.5, 0.6) is 0 Å². The van der Waals surface area contributed by atoms with Crippen molar-refractivity contribution in [2.24, 2.45) is 0 Å². The third kappa shape index (κ3) is 3.70. The molecular weight excluding hydrogens is 261 g/mol. The molecule has 0 radical (unpaired) electrons. The van der Waals surface area contributed by atoms with Crippen molar-refractivity contribution in [1.82, 2.24) is 5.32 Å². The summed E-state index contributed by atoms with van der Waals surface area (Å²) in [6.07, 6.45) is 0. The molecule has 2 rings (SSSR count). The van der Waals surface area contributed by atoms with Gasteiger partial charge < -0.3 is 5.32 Å². The molecule has 0 aliphatic carbocycles. The first-order chi connectivity index (χ1) is 9.88. The molecule has 2 atom stereocenters. The molecule has 2 heteroatoms. The Labute approximate surface area is 127 Å². The molecule has 0 aliphatic rings. The highest BCUT2D eigenvalue weighted by atomic mass is 19.1. The zero-order chi connectivity index (χ0) is 15.6. The van der Waals surface area contributed by atoms with Crippen molar-refractivity contribution < 1.29 is 4.39 Å². The third-order valence-corrected chi connectivity index (χ3v) is 4.02. The normalized spacial score (nSPS) is 14.0. The summed E-state index contributed by atoms with van der Waals surface area (Å²) in [6.45, 7) is 10.7. The van der Waals surface area contributed by atoms with Crippen LogP contribution in [0.25, 0.3) is 0 Å². The molecule has 0 saturated heterocycles. The van der Waals surface area contributed by atoms with E-state index in [9.17, 15) is 4.39 Å². The summed E-state index contributed by atoms with van der Waals surface area (Å²) >= 11 is 0. The summed E-state index contributed by atoms with van der Waals surface area (Å²) in [7, 11) is 0. The first kappa shape index (κ1) is 15.7. The van der Waals surface area contributed by atoms with Gasteiger partial charge in [0.05, 0.1) is 0 Å². The predicted molar refractivity (Wildman–Crippen MR) is 87.0 cm³/mol. The van der Waals surface area contributed by atoms with E-state index in [1.165, 1.54) is 28.3 Å². The second-order valence-corrected chi connectivity index (χ2v) is 5.98. The minimum atomic E-state index is -0.184. The summed E-state index contributed by atoms with van der Waals surface area (Å²) in [6, 6.07) is 11.6. The number of hydrogen-bond acceptors (Lipinski definition) is 1. The number of nitrogens with one attached hydrogen (secondary N) is 1. The van der Waals surface area contributed by atoms with Gasteiger partial charge in [0.25, 0.3) is 0 Å².